The molecular formula is C24H32O4. The minimum Gasteiger partial charge on any atom is -0.489 e. The third-order valence-corrected chi connectivity index (χ3v) is 5.38. The van der Waals surface area contributed by atoms with E-state index in [-0.39, 0.29) is 11.4 Å². The molecule has 0 N–H and O–H groups in total. The second-order valence-electron chi connectivity index (χ2n) is 9.24. The highest BCUT2D eigenvalue weighted by atomic mass is 16.6. The molecule has 1 unspecified atom stereocenters. The molecule has 0 radical (unpaired) electrons. The molecule has 1 aromatic carbocycles. The van der Waals surface area contributed by atoms with Crippen molar-refractivity contribution in [3.63, 3.8) is 0 Å². The largest absolute Gasteiger partial charge is 0.489 e. The van der Waals surface area contributed by atoms with E-state index in [4.69, 9.17) is 14.2 Å². The van der Waals surface area contributed by atoms with E-state index in [1.54, 1.807) is 0 Å². The van der Waals surface area contributed by atoms with Gasteiger partial charge in [0.05, 0.1) is 12.7 Å². The number of fused-ring (bicyclic) bond motifs is 1. The molecule has 0 amide bonds. The molecule has 0 fully saturated rings. The van der Waals surface area contributed by atoms with Gasteiger partial charge in [-0.2, -0.15) is 0 Å². The molecule has 4 nitrogen and oxygen atoms in total. The number of ether oxygens (including phenoxy) is 3. The molecule has 1 aliphatic carbocycles. The first-order valence-corrected chi connectivity index (χ1v) is 10.1. The maximum atomic E-state index is 12.7. The summed E-state index contributed by atoms with van der Waals surface area (Å²) in [5.41, 5.74) is 3.92. The lowest BCUT2D eigenvalue weighted by Crippen LogP contribution is -2.38. The number of esters is 1. The predicted octanol–water partition coefficient (Wildman–Crippen LogP) is 5.41. The van der Waals surface area contributed by atoms with Gasteiger partial charge in [-0.1, -0.05) is 26.0 Å². The highest BCUT2D eigenvalue weighted by Crippen LogP contribution is 2.48. The van der Waals surface area contributed by atoms with Gasteiger partial charge < -0.3 is 14.2 Å². The van der Waals surface area contributed by atoms with E-state index in [9.17, 15) is 4.79 Å². The monoisotopic (exact) mass is 384 g/mol. The van der Waals surface area contributed by atoms with Crippen LogP contribution in [0.5, 0.6) is 5.75 Å². The lowest BCUT2D eigenvalue weighted by atomic mass is 9.68. The van der Waals surface area contributed by atoms with Crippen LogP contribution in [-0.4, -0.2) is 31.4 Å². The molecule has 0 bridgehead atoms. The lowest BCUT2D eigenvalue weighted by molar-refractivity contribution is -0.159. The lowest BCUT2D eigenvalue weighted by Gasteiger charge is -2.39. The topological polar surface area (TPSA) is 44.8 Å². The second kappa shape index (κ2) is 7.75. The van der Waals surface area contributed by atoms with E-state index >= 15 is 0 Å². The molecule has 152 valence electrons. The number of methoxy groups -OCH3 is 1. The molecule has 1 heterocycles. The summed E-state index contributed by atoms with van der Waals surface area (Å²) in [6.45, 7) is 11.0. The Kier molecular flexibility index (Phi) is 5.72. The number of rotatable bonds is 4. The Labute approximate surface area is 168 Å². The minimum absolute atomic E-state index is 0.0609. The zero-order valence-electron chi connectivity index (χ0n) is 17.9. The first kappa shape index (κ1) is 20.7. The van der Waals surface area contributed by atoms with Crippen molar-refractivity contribution in [1.82, 2.24) is 0 Å². The summed E-state index contributed by atoms with van der Waals surface area (Å²) in [4.78, 5) is 12.7. The maximum Gasteiger partial charge on any atom is 0.339 e. The van der Waals surface area contributed by atoms with E-state index < -0.39 is 11.7 Å². The van der Waals surface area contributed by atoms with Gasteiger partial charge in [-0.15, -0.1) is 0 Å². The van der Waals surface area contributed by atoms with E-state index in [0.29, 0.717) is 6.61 Å². The van der Waals surface area contributed by atoms with Gasteiger partial charge in [0.1, 0.15) is 12.4 Å². The van der Waals surface area contributed by atoms with Crippen LogP contribution in [0.1, 0.15) is 65.0 Å². The second-order valence-corrected chi connectivity index (χ2v) is 9.24. The summed E-state index contributed by atoms with van der Waals surface area (Å²) in [5, 5.41) is 0. The molecule has 2 aliphatic rings. The Morgan fingerprint density at radius 1 is 1.25 bits per heavy atom. The Morgan fingerprint density at radius 2 is 2.00 bits per heavy atom. The van der Waals surface area contributed by atoms with Crippen molar-refractivity contribution in [2.24, 2.45) is 5.41 Å². The maximum absolute atomic E-state index is 12.7. The highest BCUT2D eigenvalue weighted by molar-refractivity contribution is 5.86. The average Bonchev–Trinajstić information content (AvgIpc) is 2.63. The number of carbonyl (C=O) groups is 1. The van der Waals surface area contributed by atoms with Crippen LogP contribution in [0, 0.1) is 5.41 Å². The quantitative estimate of drug-likeness (QED) is 0.651. The van der Waals surface area contributed by atoms with Crippen LogP contribution in [0.2, 0.25) is 0 Å². The summed E-state index contributed by atoms with van der Waals surface area (Å²) in [6, 6.07) is 6.30. The zero-order chi connectivity index (χ0) is 20.5. The number of carbonyl (C=O) groups excluding carboxylic acids is 1. The molecule has 1 atom stereocenters. The van der Waals surface area contributed by atoms with Crippen LogP contribution < -0.4 is 4.74 Å². The Balaban J connectivity index is 2.17. The summed E-state index contributed by atoms with van der Waals surface area (Å²) >= 11 is 0. The van der Waals surface area contributed by atoms with Gasteiger partial charge in [0.2, 0.25) is 0 Å². The van der Waals surface area contributed by atoms with Crippen molar-refractivity contribution >= 4 is 17.6 Å². The van der Waals surface area contributed by atoms with Crippen LogP contribution in [0.25, 0.3) is 11.6 Å². The van der Waals surface area contributed by atoms with Crippen molar-refractivity contribution in [1.29, 1.82) is 0 Å². The fraction of sp³-hybridized carbons (Fsp3) is 0.542. The molecule has 1 aliphatic heterocycles. The van der Waals surface area contributed by atoms with E-state index in [1.165, 1.54) is 12.7 Å². The molecule has 3 rings (SSSR count). The van der Waals surface area contributed by atoms with E-state index in [2.05, 4.69) is 32.1 Å². The van der Waals surface area contributed by atoms with Crippen molar-refractivity contribution in [3.8, 4) is 5.75 Å². The molecule has 28 heavy (non-hydrogen) atoms. The predicted molar refractivity (Wildman–Crippen MR) is 112 cm³/mol. The van der Waals surface area contributed by atoms with E-state index in [0.717, 1.165) is 41.7 Å². The minimum atomic E-state index is -0.692. The highest BCUT2D eigenvalue weighted by Gasteiger charge is 2.38. The summed E-state index contributed by atoms with van der Waals surface area (Å²) in [5.74, 6) is 0.568. The molecule has 4 heteroatoms. The third-order valence-electron chi connectivity index (χ3n) is 5.38. The molecule has 0 saturated carbocycles. The first-order chi connectivity index (χ1) is 13.1. The van der Waals surface area contributed by atoms with Gasteiger partial charge in [0, 0.05) is 5.56 Å². The molecule has 0 aromatic heterocycles. The zero-order valence-corrected chi connectivity index (χ0v) is 17.9. The van der Waals surface area contributed by atoms with Crippen LogP contribution in [0.4, 0.5) is 0 Å². The van der Waals surface area contributed by atoms with Gasteiger partial charge >= 0.3 is 5.97 Å². The van der Waals surface area contributed by atoms with Gasteiger partial charge in [0.15, 0.2) is 6.10 Å². The summed E-state index contributed by atoms with van der Waals surface area (Å²) < 4.78 is 17.1. The summed E-state index contributed by atoms with van der Waals surface area (Å²) in [6.07, 6.45) is 6.36. The van der Waals surface area contributed by atoms with Crippen LogP contribution in [0.3, 0.4) is 0 Å². The normalized spacial score (nSPS) is 19.6. The Hall–Kier alpha value is -2.07. The number of hydrogen-bond donors (Lipinski definition) is 0. The van der Waals surface area contributed by atoms with Crippen molar-refractivity contribution < 1.29 is 19.0 Å². The summed E-state index contributed by atoms with van der Waals surface area (Å²) in [7, 11) is 1.43. The number of benzene rings is 1. The van der Waals surface area contributed by atoms with Crippen LogP contribution >= 0.6 is 0 Å². The molecule has 1 aromatic rings. The smallest absolute Gasteiger partial charge is 0.339 e. The van der Waals surface area contributed by atoms with Crippen molar-refractivity contribution in [2.45, 2.75) is 65.6 Å². The Bertz CT molecular complexity index is 808. The standard InChI is InChI=1S/C24H32O4/c1-23(2,3)28-21(22(25)26-6)18-10-7-13-24(4,5)20(18)17-11-12-19-16(15-17)9-8-14-27-19/h8-9,11-12,15,21H,7,10,13-14H2,1-6H3. The van der Waals surface area contributed by atoms with Gasteiger partial charge in [-0.3, -0.25) is 0 Å². The number of allylic oxidation sites excluding steroid dienone is 1. The van der Waals surface area contributed by atoms with Crippen LogP contribution in [0.15, 0.2) is 29.8 Å². The Morgan fingerprint density at radius 3 is 2.68 bits per heavy atom. The first-order valence-electron chi connectivity index (χ1n) is 10.1. The molecule has 0 spiro atoms. The van der Waals surface area contributed by atoms with Crippen molar-refractivity contribution in [3.05, 3.63) is 41.0 Å². The third kappa shape index (κ3) is 4.33. The SMILES string of the molecule is COC(=O)C(OC(C)(C)C)C1=C(c2ccc3c(c2)C=CCO3)C(C)(C)CCC1. The fourth-order valence-corrected chi connectivity index (χ4v) is 4.24. The fourth-order valence-electron chi connectivity index (χ4n) is 4.24. The van der Waals surface area contributed by atoms with Crippen molar-refractivity contribution in [2.75, 3.05) is 13.7 Å². The molecule has 0 saturated heterocycles. The van der Waals surface area contributed by atoms with Crippen LogP contribution in [-0.2, 0) is 14.3 Å². The number of hydrogen-bond acceptors (Lipinski definition) is 4. The van der Waals surface area contributed by atoms with Gasteiger partial charge in [-0.05, 0) is 80.4 Å². The molecular weight excluding hydrogens is 352 g/mol. The average molecular weight is 385 g/mol. The van der Waals surface area contributed by atoms with Gasteiger partial charge in [-0.25, -0.2) is 4.79 Å². The van der Waals surface area contributed by atoms with Gasteiger partial charge in [0.25, 0.3) is 0 Å². The van der Waals surface area contributed by atoms with E-state index in [1.807, 2.05) is 32.9 Å².